The third-order valence-electron chi connectivity index (χ3n) is 3.65. The highest BCUT2D eigenvalue weighted by atomic mass is 19.1. The number of methoxy groups -OCH3 is 1. The SMILES string of the molecule is COc1ccc(NC(=O)c2cnc(NCc3ccccc3F)cn2)cc1. The summed E-state index contributed by atoms with van der Waals surface area (Å²) in [5.74, 6) is 0.495. The fourth-order valence-electron chi connectivity index (χ4n) is 2.23. The predicted molar refractivity (Wildman–Crippen MR) is 96.7 cm³/mol. The van der Waals surface area contributed by atoms with Crippen LogP contribution >= 0.6 is 0 Å². The quantitative estimate of drug-likeness (QED) is 0.710. The van der Waals surface area contributed by atoms with Crippen LogP contribution in [0, 0.1) is 5.82 Å². The van der Waals surface area contributed by atoms with E-state index >= 15 is 0 Å². The van der Waals surface area contributed by atoms with Gasteiger partial charge in [-0.2, -0.15) is 0 Å². The van der Waals surface area contributed by atoms with Crippen LogP contribution in [-0.4, -0.2) is 23.0 Å². The van der Waals surface area contributed by atoms with E-state index < -0.39 is 0 Å². The minimum absolute atomic E-state index is 0.178. The highest BCUT2D eigenvalue weighted by Crippen LogP contribution is 2.16. The van der Waals surface area contributed by atoms with Gasteiger partial charge >= 0.3 is 0 Å². The van der Waals surface area contributed by atoms with E-state index in [0.717, 1.165) is 0 Å². The first kappa shape index (κ1) is 17.3. The first-order valence-corrected chi connectivity index (χ1v) is 7.90. The van der Waals surface area contributed by atoms with Crippen molar-refractivity contribution in [2.45, 2.75) is 6.54 Å². The van der Waals surface area contributed by atoms with E-state index in [2.05, 4.69) is 20.6 Å². The molecule has 6 nitrogen and oxygen atoms in total. The van der Waals surface area contributed by atoms with E-state index in [9.17, 15) is 9.18 Å². The lowest BCUT2D eigenvalue weighted by Crippen LogP contribution is -2.14. The standard InChI is InChI=1S/C19H17FN4O2/c1-26-15-8-6-14(7-9-15)24-19(25)17-11-23-18(12-21-17)22-10-13-4-2-3-5-16(13)20/h2-9,11-12H,10H2,1H3,(H,22,23)(H,24,25). The number of nitrogens with one attached hydrogen (secondary N) is 2. The van der Waals surface area contributed by atoms with Gasteiger partial charge in [0.25, 0.3) is 5.91 Å². The molecule has 1 aromatic heterocycles. The van der Waals surface area contributed by atoms with Crippen LogP contribution in [0.15, 0.2) is 60.9 Å². The van der Waals surface area contributed by atoms with E-state index in [-0.39, 0.29) is 24.0 Å². The zero-order valence-corrected chi connectivity index (χ0v) is 14.1. The Morgan fingerprint density at radius 1 is 1.08 bits per heavy atom. The second-order valence-electron chi connectivity index (χ2n) is 5.41. The summed E-state index contributed by atoms with van der Waals surface area (Å²) >= 11 is 0. The van der Waals surface area contributed by atoms with Gasteiger partial charge in [-0.1, -0.05) is 18.2 Å². The third-order valence-corrected chi connectivity index (χ3v) is 3.65. The van der Waals surface area contributed by atoms with Crippen LogP contribution in [0.4, 0.5) is 15.9 Å². The Morgan fingerprint density at radius 3 is 2.50 bits per heavy atom. The second-order valence-corrected chi connectivity index (χ2v) is 5.41. The number of rotatable bonds is 6. The number of aromatic nitrogens is 2. The molecule has 2 aromatic carbocycles. The monoisotopic (exact) mass is 352 g/mol. The summed E-state index contributed by atoms with van der Waals surface area (Å²) in [6.45, 7) is 0.277. The molecule has 132 valence electrons. The summed E-state index contributed by atoms with van der Waals surface area (Å²) < 4.78 is 18.6. The molecule has 0 aliphatic rings. The number of anilines is 2. The van der Waals surface area contributed by atoms with Crippen LogP contribution in [0.2, 0.25) is 0 Å². The Hall–Kier alpha value is -3.48. The Kier molecular flexibility index (Phi) is 5.38. The smallest absolute Gasteiger partial charge is 0.275 e. The number of nitrogens with zero attached hydrogens (tertiary/aromatic N) is 2. The maximum absolute atomic E-state index is 13.6. The van der Waals surface area contributed by atoms with Gasteiger partial charge in [-0.25, -0.2) is 14.4 Å². The number of hydrogen-bond donors (Lipinski definition) is 2. The maximum Gasteiger partial charge on any atom is 0.275 e. The van der Waals surface area contributed by atoms with Gasteiger partial charge in [0.15, 0.2) is 0 Å². The van der Waals surface area contributed by atoms with Crippen molar-refractivity contribution in [1.82, 2.24) is 9.97 Å². The highest BCUT2D eigenvalue weighted by Gasteiger charge is 2.09. The van der Waals surface area contributed by atoms with Crippen molar-refractivity contribution in [2.75, 3.05) is 17.7 Å². The number of hydrogen-bond acceptors (Lipinski definition) is 5. The normalized spacial score (nSPS) is 10.2. The van der Waals surface area contributed by atoms with Crippen LogP contribution < -0.4 is 15.4 Å². The summed E-state index contributed by atoms with van der Waals surface area (Å²) in [4.78, 5) is 20.4. The van der Waals surface area contributed by atoms with E-state index in [1.165, 1.54) is 18.5 Å². The van der Waals surface area contributed by atoms with Gasteiger partial charge in [0, 0.05) is 17.8 Å². The molecule has 0 spiro atoms. The molecule has 0 saturated heterocycles. The lowest BCUT2D eigenvalue weighted by Gasteiger charge is -2.08. The summed E-state index contributed by atoms with van der Waals surface area (Å²) in [6, 6.07) is 13.4. The summed E-state index contributed by atoms with van der Waals surface area (Å²) in [5.41, 5.74) is 1.33. The highest BCUT2D eigenvalue weighted by molar-refractivity contribution is 6.02. The molecule has 3 aromatic rings. The Bertz CT molecular complexity index is 883. The van der Waals surface area contributed by atoms with E-state index in [0.29, 0.717) is 22.8 Å². The molecular formula is C19H17FN4O2. The van der Waals surface area contributed by atoms with Gasteiger partial charge < -0.3 is 15.4 Å². The number of carbonyl (C=O) groups excluding carboxylic acids is 1. The number of ether oxygens (including phenoxy) is 1. The number of halogens is 1. The fourth-order valence-corrected chi connectivity index (χ4v) is 2.23. The lowest BCUT2D eigenvalue weighted by atomic mass is 10.2. The maximum atomic E-state index is 13.6. The molecule has 1 amide bonds. The molecule has 7 heteroatoms. The zero-order chi connectivity index (χ0) is 18.4. The largest absolute Gasteiger partial charge is 0.497 e. The van der Waals surface area contributed by atoms with Gasteiger partial charge in [0.2, 0.25) is 0 Å². The topological polar surface area (TPSA) is 76.1 Å². The summed E-state index contributed by atoms with van der Waals surface area (Å²) in [7, 11) is 1.57. The van der Waals surface area contributed by atoms with Crippen LogP contribution in [0.1, 0.15) is 16.1 Å². The van der Waals surface area contributed by atoms with Crippen molar-refractivity contribution in [2.24, 2.45) is 0 Å². The summed E-state index contributed by atoms with van der Waals surface area (Å²) in [6.07, 6.45) is 2.80. The van der Waals surface area contributed by atoms with Gasteiger partial charge in [-0.15, -0.1) is 0 Å². The minimum atomic E-state index is -0.372. The van der Waals surface area contributed by atoms with Crippen LogP contribution in [0.25, 0.3) is 0 Å². The van der Waals surface area contributed by atoms with E-state index in [1.807, 2.05) is 0 Å². The van der Waals surface area contributed by atoms with Gasteiger partial charge in [-0.3, -0.25) is 4.79 Å². The van der Waals surface area contributed by atoms with Gasteiger partial charge in [0.1, 0.15) is 23.1 Å². The Balaban J connectivity index is 1.59. The first-order chi connectivity index (χ1) is 12.7. The van der Waals surface area contributed by atoms with Crippen molar-refractivity contribution < 1.29 is 13.9 Å². The molecule has 2 N–H and O–H groups in total. The molecule has 1 heterocycles. The zero-order valence-electron chi connectivity index (χ0n) is 14.1. The minimum Gasteiger partial charge on any atom is -0.497 e. The molecule has 0 aliphatic carbocycles. The van der Waals surface area contributed by atoms with Crippen molar-refractivity contribution in [3.8, 4) is 5.75 Å². The van der Waals surface area contributed by atoms with Crippen molar-refractivity contribution in [1.29, 1.82) is 0 Å². The number of carbonyl (C=O) groups is 1. The van der Waals surface area contributed by atoms with Gasteiger partial charge in [-0.05, 0) is 30.3 Å². The first-order valence-electron chi connectivity index (χ1n) is 7.90. The number of amides is 1. The lowest BCUT2D eigenvalue weighted by molar-refractivity contribution is 0.102. The molecule has 0 bridgehead atoms. The Morgan fingerprint density at radius 2 is 1.85 bits per heavy atom. The number of benzene rings is 2. The fraction of sp³-hybridized carbons (Fsp3) is 0.105. The van der Waals surface area contributed by atoms with Crippen LogP contribution in [0.3, 0.4) is 0 Å². The average Bonchev–Trinajstić information content (AvgIpc) is 2.68. The van der Waals surface area contributed by atoms with Crippen molar-refractivity contribution in [3.05, 3.63) is 78.0 Å². The Labute approximate surface area is 150 Å². The molecular weight excluding hydrogens is 335 g/mol. The van der Waals surface area contributed by atoms with Crippen molar-refractivity contribution >= 4 is 17.4 Å². The molecule has 0 saturated carbocycles. The molecule has 3 rings (SSSR count). The molecule has 0 radical (unpaired) electrons. The predicted octanol–water partition coefficient (Wildman–Crippen LogP) is 3.49. The van der Waals surface area contributed by atoms with Crippen LogP contribution in [-0.2, 0) is 6.54 Å². The second kappa shape index (κ2) is 8.06. The molecule has 0 aliphatic heterocycles. The van der Waals surface area contributed by atoms with Crippen LogP contribution in [0.5, 0.6) is 5.75 Å². The summed E-state index contributed by atoms with van der Waals surface area (Å²) in [5, 5.41) is 5.70. The molecule has 0 unspecified atom stereocenters. The molecule has 0 fully saturated rings. The van der Waals surface area contributed by atoms with E-state index in [1.54, 1.807) is 49.6 Å². The van der Waals surface area contributed by atoms with Gasteiger partial charge in [0.05, 0.1) is 19.5 Å². The van der Waals surface area contributed by atoms with E-state index in [4.69, 9.17) is 4.74 Å². The molecule has 0 atom stereocenters. The van der Waals surface area contributed by atoms with Crippen molar-refractivity contribution in [3.63, 3.8) is 0 Å². The molecule has 26 heavy (non-hydrogen) atoms. The average molecular weight is 352 g/mol. The third kappa shape index (κ3) is 4.32.